The Bertz CT molecular complexity index is 1680. The highest BCUT2D eigenvalue weighted by Crippen LogP contribution is 2.29. The number of amides is 1. The van der Waals surface area contributed by atoms with Crippen molar-refractivity contribution in [3.63, 3.8) is 0 Å². The molecule has 0 unspecified atom stereocenters. The first-order valence-corrected chi connectivity index (χ1v) is 12.4. The quantitative estimate of drug-likeness (QED) is 0.338. The third-order valence-corrected chi connectivity index (χ3v) is 6.42. The van der Waals surface area contributed by atoms with E-state index in [0.29, 0.717) is 33.4 Å². The molecule has 10 heteroatoms. The van der Waals surface area contributed by atoms with Gasteiger partial charge in [0, 0.05) is 23.6 Å². The molecule has 3 aromatic heterocycles. The van der Waals surface area contributed by atoms with Gasteiger partial charge in [0.05, 0.1) is 11.1 Å². The fraction of sp³-hybridized carbons (Fsp3) is 0.148. The van der Waals surface area contributed by atoms with Crippen LogP contribution in [0.4, 0.5) is 5.69 Å². The normalized spacial score (nSPS) is 11.6. The lowest BCUT2D eigenvalue weighted by Crippen LogP contribution is -2.23. The summed E-state index contributed by atoms with van der Waals surface area (Å²) in [5, 5.41) is 7.20. The molecule has 0 aliphatic rings. The molecule has 0 bridgehead atoms. The van der Waals surface area contributed by atoms with Gasteiger partial charge in [0.15, 0.2) is 23.9 Å². The summed E-state index contributed by atoms with van der Waals surface area (Å²) in [4.78, 5) is 34.3. The van der Waals surface area contributed by atoms with Gasteiger partial charge in [-0.15, -0.1) is 5.10 Å². The first kappa shape index (κ1) is 24.1. The summed E-state index contributed by atoms with van der Waals surface area (Å²) in [5.74, 6) is 1.12. The Morgan fingerprint density at radius 2 is 1.89 bits per heavy atom. The van der Waals surface area contributed by atoms with Crippen LogP contribution in [0.5, 0.6) is 11.5 Å². The van der Waals surface area contributed by atoms with Gasteiger partial charge in [-0.2, -0.15) is 9.50 Å². The highest BCUT2D eigenvalue weighted by molar-refractivity contribution is 7.15. The van der Waals surface area contributed by atoms with Crippen molar-refractivity contribution in [2.45, 2.75) is 13.8 Å². The van der Waals surface area contributed by atoms with Crippen molar-refractivity contribution in [3.8, 4) is 22.9 Å². The Morgan fingerprint density at radius 1 is 1.08 bits per heavy atom. The van der Waals surface area contributed by atoms with Crippen molar-refractivity contribution < 1.29 is 14.3 Å². The van der Waals surface area contributed by atoms with Crippen LogP contribution in [0.2, 0.25) is 0 Å². The van der Waals surface area contributed by atoms with Crippen LogP contribution in [0.3, 0.4) is 0 Å². The molecule has 0 saturated carbocycles. The van der Waals surface area contributed by atoms with Gasteiger partial charge in [-0.1, -0.05) is 35.6 Å². The van der Waals surface area contributed by atoms with Gasteiger partial charge in [-0.05, 0) is 61.4 Å². The number of hydrogen-bond donors (Lipinski definition) is 1. The topological polar surface area (TPSA) is 108 Å². The first-order valence-electron chi connectivity index (χ1n) is 11.6. The number of rotatable bonds is 8. The number of anilines is 1. The molecule has 9 nitrogen and oxygen atoms in total. The van der Waals surface area contributed by atoms with Crippen LogP contribution in [0, 0.1) is 6.92 Å². The zero-order valence-electron chi connectivity index (χ0n) is 20.2. The maximum absolute atomic E-state index is 12.9. The summed E-state index contributed by atoms with van der Waals surface area (Å²) < 4.78 is 13.3. The van der Waals surface area contributed by atoms with Gasteiger partial charge < -0.3 is 14.8 Å². The van der Waals surface area contributed by atoms with Crippen LogP contribution in [-0.4, -0.2) is 38.7 Å². The second-order valence-electron chi connectivity index (χ2n) is 8.07. The van der Waals surface area contributed by atoms with E-state index in [2.05, 4.69) is 20.4 Å². The lowest BCUT2D eigenvalue weighted by Gasteiger charge is -2.13. The van der Waals surface area contributed by atoms with Crippen molar-refractivity contribution in [1.29, 1.82) is 0 Å². The minimum absolute atomic E-state index is 0.171. The number of nitrogens with one attached hydrogen (secondary N) is 1. The summed E-state index contributed by atoms with van der Waals surface area (Å²) in [7, 11) is 0. The predicted octanol–water partition coefficient (Wildman–Crippen LogP) is 3.49. The second kappa shape index (κ2) is 10.6. The van der Waals surface area contributed by atoms with E-state index in [0.717, 1.165) is 22.4 Å². The number of benzene rings is 2. The number of aryl methyl sites for hydroxylation is 1. The summed E-state index contributed by atoms with van der Waals surface area (Å²) in [6, 6.07) is 16.4. The van der Waals surface area contributed by atoms with E-state index in [1.165, 1.54) is 15.9 Å². The molecule has 0 fully saturated rings. The number of ether oxygens (including phenoxy) is 2. The van der Waals surface area contributed by atoms with Crippen molar-refractivity contribution in [2.75, 3.05) is 18.5 Å². The fourth-order valence-electron chi connectivity index (χ4n) is 3.65. The van der Waals surface area contributed by atoms with Crippen molar-refractivity contribution >= 4 is 34.0 Å². The minimum Gasteiger partial charge on any atom is -0.490 e. The molecule has 1 N–H and O–H groups in total. The lowest BCUT2D eigenvalue weighted by atomic mass is 10.2. The number of nitrogens with zero attached hydrogens (tertiary/aromatic N) is 4. The molecule has 0 radical (unpaired) electrons. The molecule has 186 valence electrons. The van der Waals surface area contributed by atoms with Gasteiger partial charge >= 0.3 is 0 Å². The Morgan fingerprint density at radius 3 is 2.65 bits per heavy atom. The SMILES string of the molecule is CCOc1cc(/C=c2\sc3nc(-c4ccncc4)nn3c2=O)ccc1OCC(=O)Nc1ccccc1C. The monoisotopic (exact) mass is 513 g/mol. The Hall–Kier alpha value is -4.57. The molecule has 0 spiro atoms. The summed E-state index contributed by atoms with van der Waals surface area (Å²) in [6.07, 6.45) is 5.07. The Balaban J connectivity index is 1.35. The number of hydrogen-bond acceptors (Lipinski definition) is 8. The number of aromatic nitrogens is 4. The Labute approximate surface area is 216 Å². The van der Waals surface area contributed by atoms with Crippen molar-refractivity contribution in [2.24, 2.45) is 0 Å². The number of pyridine rings is 1. The average Bonchev–Trinajstić information content (AvgIpc) is 3.45. The van der Waals surface area contributed by atoms with Crippen LogP contribution in [0.25, 0.3) is 22.4 Å². The molecular formula is C27H23N5O4S. The highest BCUT2D eigenvalue weighted by atomic mass is 32.1. The van der Waals surface area contributed by atoms with E-state index in [4.69, 9.17) is 9.47 Å². The molecule has 5 rings (SSSR count). The van der Waals surface area contributed by atoms with Gasteiger partial charge in [-0.3, -0.25) is 14.6 Å². The average molecular weight is 514 g/mol. The standard InChI is InChI=1S/C27H23N5O4S/c1-3-35-22-14-18(8-9-21(22)36-16-24(33)29-20-7-5-4-6-17(20)2)15-23-26(34)32-27(37-23)30-25(31-32)19-10-12-28-13-11-19/h4-15H,3,16H2,1-2H3,(H,29,33)/b23-15-. The summed E-state index contributed by atoms with van der Waals surface area (Å²) >= 11 is 1.25. The molecule has 2 aromatic carbocycles. The van der Waals surface area contributed by atoms with Gasteiger partial charge in [0.2, 0.25) is 4.96 Å². The summed E-state index contributed by atoms with van der Waals surface area (Å²) in [5.41, 5.74) is 2.99. The zero-order chi connectivity index (χ0) is 25.8. The van der Waals surface area contributed by atoms with Crippen LogP contribution in [-0.2, 0) is 4.79 Å². The molecule has 5 aromatic rings. The van der Waals surface area contributed by atoms with E-state index in [1.807, 2.05) is 38.1 Å². The largest absolute Gasteiger partial charge is 0.490 e. The minimum atomic E-state index is -0.274. The van der Waals surface area contributed by atoms with E-state index < -0.39 is 0 Å². The van der Waals surface area contributed by atoms with E-state index in [-0.39, 0.29) is 18.1 Å². The van der Waals surface area contributed by atoms with Crippen LogP contribution in [0.1, 0.15) is 18.1 Å². The smallest absolute Gasteiger partial charge is 0.291 e. The van der Waals surface area contributed by atoms with E-state index in [9.17, 15) is 9.59 Å². The molecule has 37 heavy (non-hydrogen) atoms. The molecule has 0 aliphatic heterocycles. The predicted molar refractivity (Wildman–Crippen MR) is 142 cm³/mol. The molecule has 0 atom stereocenters. The molecular weight excluding hydrogens is 490 g/mol. The van der Waals surface area contributed by atoms with Gasteiger partial charge in [-0.25, -0.2) is 0 Å². The third-order valence-electron chi connectivity index (χ3n) is 5.46. The van der Waals surface area contributed by atoms with E-state index in [1.54, 1.807) is 48.8 Å². The highest BCUT2D eigenvalue weighted by Gasteiger charge is 2.13. The number of fused-ring (bicyclic) bond motifs is 1. The first-order chi connectivity index (χ1) is 18.0. The number of carbonyl (C=O) groups is 1. The van der Waals surface area contributed by atoms with Gasteiger partial charge in [0.1, 0.15) is 0 Å². The van der Waals surface area contributed by atoms with E-state index >= 15 is 0 Å². The number of thiazole rings is 1. The lowest BCUT2D eigenvalue weighted by molar-refractivity contribution is -0.118. The molecule has 3 heterocycles. The molecule has 0 aliphatic carbocycles. The van der Waals surface area contributed by atoms with Crippen molar-refractivity contribution in [1.82, 2.24) is 19.6 Å². The maximum Gasteiger partial charge on any atom is 0.291 e. The van der Waals surface area contributed by atoms with Crippen LogP contribution in [0.15, 0.2) is 71.8 Å². The Kier molecular flexibility index (Phi) is 6.91. The molecule has 0 saturated heterocycles. The van der Waals surface area contributed by atoms with Crippen molar-refractivity contribution in [3.05, 3.63) is 93.0 Å². The number of para-hydroxylation sites is 1. The zero-order valence-corrected chi connectivity index (χ0v) is 21.0. The van der Waals surface area contributed by atoms with Crippen LogP contribution < -0.4 is 24.9 Å². The molecule has 1 amide bonds. The number of carbonyl (C=O) groups excluding carboxylic acids is 1. The third kappa shape index (κ3) is 5.34. The maximum atomic E-state index is 12.9. The summed E-state index contributed by atoms with van der Waals surface area (Å²) in [6.45, 7) is 4.03. The van der Waals surface area contributed by atoms with Crippen LogP contribution >= 0.6 is 11.3 Å². The second-order valence-corrected chi connectivity index (χ2v) is 9.08. The van der Waals surface area contributed by atoms with Gasteiger partial charge in [0.25, 0.3) is 11.5 Å². The fourth-order valence-corrected chi connectivity index (χ4v) is 4.56.